The van der Waals surface area contributed by atoms with Gasteiger partial charge in [0.05, 0.1) is 0 Å². The van der Waals surface area contributed by atoms with E-state index in [0.717, 1.165) is 18.5 Å². The maximum absolute atomic E-state index is 3.50. The minimum atomic E-state index is 0.746. The first-order valence-electron chi connectivity index (χ1n) is 6.51. The van der Waals surface area contributed by atoms with Crippen LogP contribution in [0, 0.1) is 5.92 Å². The summed E-state index contributed by atoms with van der Waals surface area (Å²) in [6, 6.07) is 0.746. The van der Waals surface area contributed by atoms with Crippen molar-refractivity contribution >= 4 is 22.9 Å². The molecule has 1 saturated heterocycles. The molecule has 0 bridgehead atoms. The minimum absolute atomic E-state index is 0.746. The first kappa shape index (κ1) is 14.7. The van der Waals surface area contributed by atoms with Gasteiger partial charge in [-0.25, -0.2) is 0 Å². The van der Waals surface area contributed by atoms with E-state index in [1.807, 2.05) is 0 Å². The molecule has 0 amide bonds. The zero-order chi connectivity index (χ0) is 11.8. The molecule has 0 radical (unpaired) electrons. The van der Waals surface area contributed by atoms with E-state index in [0.29, 0.717) is 0 Å². The Morgan fingerprint density at radius 3 is 2.56 bits per heavy atom. The van der Waals surface area contributed by atoms with Gasteiger partial charge in [-0.2, -0.15) is 0 Å². The monoisotopic (exact) mass is 339 g/mol. The first-order valence-corrected chi connectivity index (χ1v) is 7.59. The van der Waals surface area contributed by atoms with Crippen LogP contribution < -0.4 is 8.85 Å². The van der Waals surface area contributed by atoms with Crippen molar-refractivity contribution in [3.8, 4) is 0 Å². The Bertz CT molecular complexity index is 168. The van der Waals surface area contributed by atoms with E-state index >= 15 is 0 Å². The summed E-state index contributed by atoms with van der Waals surface area (Å²) >= 11 is 2.28. The number of rotatable bonds is 7. The Kier molecular flexibility index (Phi) is 7.94. The largest absolute Gasteiger partial charge is 0.316 e. The molecule has 4 heteroatoms. The molecule has 1 heterocycles. The van der Waals surface area contributed by atoms with Crippen LogP contribution in [0.15, 0.2) is 0 Å². The fraction of sp³-hybridized carbons (Fsp3) is 1.00. The highest BCUT2D eigenvalue weighted by molar-refractivity contribution is 14.1. The molecule has 2 N–H and O–H groups in total. The number of nitrogens with one attached hydrogen (secondary N) is 2. The highest BCUT2D eigenvalue weighted by atomic mass is 127. The Morgan fingerprint density at radius 2 is 2.00 bits per heavy atom. The normalized spacial score (nSPS) is 19.5. The van der Waals surface area contributed by atoms with Gasteiger partial charge in [-0.15, -0.1) is 0 Å². The average molecular weight is 339 g/mol. The van der Waals surface area contributed by atoms with Crippen molar-refractivity contribution in [1.82, 2.24) is 13.7 Å². The Hall–Kier alpha value is 0.610. The van der Waals surface area contributed by atoms with E-state index in [-0.39, 0.29) is 0 Å². The molecule has 1 fully saturated rings. The lowest BCUT2D eigenvalue weighted by molar-refractivity contribution is 0.207. The number of nitrogens with zero attached hydrogens (tertiary/aromatic N) is 1. The van der Waals surface area contributed by atoms with E-state index in [4.69, 9.17) is 0 Å². The molecular formula is C12H26IN3. The van der Waals surface area contributed by atoms with E-state index in [2.05, 4.69) is 50.5 Å². The molecule has 16 heavy (non-hydrogen) atoms. The Balaban J connectivity index is 1.94. The summed E-state index contributed by atoms with van der Waals surface area (Å²) in [5.74, 6) is 0.769. The third kappa shape index (κ3) is 6.37. The maximum atomic E-state index is 3.50. The zero-order valence-corrected chi connectivity index (χ0v) is 12.8. The second kappa shape index (κ2) is 8.66. The van der Waals surface area contributed by atoms with Crippen molar-refractivity contribution in [2.75, 3.05) is 32.7 Å². The van der Waals surface area contributed by atoms with Gasteiger partial charge in [-0.05, 0) is 57.9 Å². The van der Waals surface area contributed by atoms with Gasteiger partial charge in [0, 0.05) is 28.9 Å². The fourth-order valence-electron chi connectivity index (χ4n) is 2.08. The van der Waals surface area contributed by atoms with Gasteiger partial charge in [-0.1, -0.05) is 13.8 Å². The van der Waals surface area contributed by atoms with Crippen molar-refractivity contribution in [1.29, 1.82) is 0 Å². The fourth-order valence-corrected chi connectivity index (χ4v) is 2.71. The van der Waals surface area contributed by atoms with Crippen LogP contribution >= 0.6 is 22.9 Å². The van der Waals surface area contributed by atoms with Crippen molar-refractivity contribution < 1.29 is 0 Å². The zero-order valence-electron chi connectivity index (χ0n) is 10.6. The van der Waals surface area contributed by atoms with Gasteiger partial charge in [-0.3, -0.25) is 3.53 Å². The van der Waals surface area contributed by atoms with Crippen LogP contribution in [0.3, 0.4) is 0 Å². The molecule has 0 spiro atoms. The summed E-state index contributed by atoms with van der Waals surface area (Å²) in [6.07, 6.45) is 3.90. The number of hydrogen-bond acceptors (Lipinski definition) is 3. The van der Waals surface area contributed by atoms with Crippen molar-refractivity contribution in [3.63, 3.8) is 0 Å². The SMILES string of the molecule is CC(C)CNCCCN1CCC(NI)CC1. The lowest BCUT2D eigenvalue weighted by atomic mass is 10.1. The third-order valence-electron chi connectivity index (χ3n) is 3.12. The summed E-state index contributed by atoms with van der Waals surface area (Å²) in [4.78, 5) is 2.60. The summed E-state index contributed by atoms with van der Waals surface area (Å²) in [5.41, 5.74) is 0. The molecule has 0 saturated carbocycles. The van der Waals surface area contributed by atoms with Gasteiger partial charge >= 0.3 is 0 Å². The molecule has 96 valence electrons. The molecule has 0 unspecified atom stereocenters. The van der Waals surface area contributed by atoms with Crippen molar-refractivity contribution in [2.45, 2.75) is 39.2 Å². The molecule has 1 aliphatic heterocycles. The van der Waals surface area contributed by atoms with E-state index in [1.165, 1.54) is 45.4 Å². The van der Waals surface area contributed by atoms with Crippen LogP contribution in [0.1, 0.15) is 33.1 Å². The molecule has 0 atom stereocenters. The van der Waals surface area contributed by atoms with Crippen LogP contribution in [0.4, 0.5) is 0 Å². The molecule has 0 aliphatic carbocycles. The summed E-state index contributed by atoms with van der Waals surface area (Å²) < 4.78 is 3.34. The van der Waals surface area contributed by atoms with Gasteiger partial charge in [0.15, 0.2) is 0 Å². The quantitative estimate of drug-likeness (QED) is 0.422. The van der Waals surface area contributed by atoms with Gasteiger partial charge in [0.1, 0.15) is 0 Å². The van der Waals surface area contributed by atoms with Gasteiger partial charge in [0.2, 0.25) is 0 Å². The first-order chi connectivity index (χ1) is 7.72. The standard InChI is InChI=1S/C12H26IN3/c1-11(2)10-14-6-3-7-16-8-4-12(15-13)5-9-16/h11-12,14-15H,3-10H2,1-2H3. The summed E-state index contributed by atoms with van der Waals surface area (Å²) in [6.45, 7) is 10.6. The predicted molar refractivity (Wildman–Crippen MR) is 78.9 cm³/mol. The number of halogens is 1. The molecular weight excluding hydrogens is 313 g/mol. The van der Waals surface area contributed by atoms with E-state index in [9.17, 15) is 0 Å². The third-order valence-corrected chi connectivity index (χ3v) is 4.00. The molecule has 1 rings (SSSR count). The van der Waals surface area contributed by atoms with E-state index < -0.39 is 0 Å². The second-order valence-electron chi connectivity index (χ2n) is 5.18. The smallest absolute Gasteiger partial charge is 0.0187 e. The van der Waals surface area contributed by atoms with Gasteiger partial charge < -0.3 is 10.2 Å². The number of hydrogen-bond donors (Lipinski definition) is 2. The van der Waals surface area contributed by atoms with Crippen molar-refractivity contribution in [2.24, 2.45) is 5.92 Å². The number of likely N-dealkylation sites (tertiary alicyclic amines) is 1. The Morgan fingerprint density at radius 1 is 1.31 bits per heavy atom. The topological polar surface area (TPSA) is 27.3 Å². The molecule has 0 aromatic carbocycles. The van der Waals surface area contributed by atoms with Crippen LogP contribution in [0.2, 0.25) is 0 Å². The highest BCUT2D eigenvalue weighted by Gasteiger charge is 2.17. The van der Waals surface area contributed by atoms with Crippen LogP contribution in [-0.2, 0) is 0 Å². The molecule has 1 aliphatic rings. The maximum Gasteiger partial charge on any atom is 0.0187 e. The average Bonchev–Trinajstić information content (AvgIpc) is 2.29. The van der Waals surface area contributed by atoms with E-state index in [1.54, 1.807) is 0 Å². The molecule has 0 aromatic rings. The molecule has 3 nitrogen and oxygen atoms in total. The van der Waals surface area contributed by atoms with Crippen LogP contribution in [0.5, 0.6) is 0 Å². The lowest BCUT2D eigenvalue weighted by Crippen LogP contribution is -2.40. The lowest BCUT2D eigenvalue weighted by Gasteiger charge is -2.31. The van der Waals surface area contributed by atoms with Crippen LogP contribution in [0.25, 0.3) is 0 Å². The minimum Gasteiger partial charge on any atom is -0.316 e. The predicted octanol–water partition coefficient (Wildman–Crippen LogP) is 2.03. The van der Waals surface area contributed by atoms with Crippen molar-refractivity contribution in [3.05, 3.63) is 0 Å². The summed E-state index contributed by atoms with van der Waals surface area (Å²) in [5, 5.41) is 3.50. The van der Waals surface area contributed by atoms with Crippen LogP contribution in [-0.4, -0.2) is 43.7 Å². The number of piperidine rings is 1. The second-order valence-corrected chi connectivity index (χ2v) is 5.80. The highest BCUT2D eigenvalue weighted by Crippen LogP contribution is 2.11. The molecule has 0 aromatic heterocycles. The summed E-state index contributed by atoms with van der Waals surface area (Å²) in [7, 11) is 0. The Labute approximate surface area is 114 Å². The van der Waals surface area contributed by atoms with Gasteiger partial charge in [0.25, 0.3) is 0 Å².